The van der Waals surface area contributed by atoms with Crippen molar-refractivity contribution in [3.63, 3.8) is 0 Å². The lowest BCUT2D eigenvalue weighted by Crippen LogP contribution is -2.24. The molecule has 1 aromatic heterocycles. The molecule has 0 saturated heterocycles. The maximum atomic E-state index is 12.3. The summed E-state index contributed by atoms with van der Waals surface area (Å²) in [6, 6.07) is 16.4. The van der Waals surface area contributed by atoms with Gasteiger partial charge in [-0.25, -0.2) is 4.68 Å². The molecule has 0 spiro atoms. The van der Waals surface area contributed by atoms with Crippen molar-refractivity contribution in [3.8, 4) is 5.69 Å². The van der Waals surface area contributed by atoms with Gasteiger partial charge in [-0.15, -0.1) is 0 Å². The fraction of sp³-hybridized carbons (Fsp3) is 0.200. The number of nitrogens with zero attached hydrogens (tertiary/aromatic N) is 2. The topological polar surface area (TPSA) is 46.9 Å². The minimum Gasteiger partial charge on any atom is -0.310 e. The Morgan fingerprint density at radius 2 is 1.88 bits per heavy atom. The molecule has 120 valence electrons. The van der Waals surface area contributed by atoms with Crippen molar-refractivity contribution in [2.24, 2.45) is 0 Å². The lowest BCUT2D eigenvalue weighted by atomic mass is 9.87. The third-order valence-corrected chi connectivity index (χ3v) is 4.76. The maximum Gasteiger partial charge on any atom is 0.226 e. The van der Waals surface area contributed by atoms with E-state index in [4.69, 9.17) is 0 Å². The Morgan fingerprint density at radius 1 is 1.08 bits per heavy atom. The molecule has 0 fully saturated rings. The maximum absolute atomic E-state index is 12.3. The van der Waals surface area contributed by atoms with E-state index in [1.54, 1.807) is 0 Å². The van der Waals surface area contributed by atoms with Crippen LogP contribution in [0.25, 0.3) is 5.69 Å². The Labute approximate surface area is 141 Å². The molecule has 1 amide bonds. The normalized spacial score (nSPS) is 16.6. The van der Waals surface area contributed by atoms with Crippen LogP contribution in [0, 0.1) is 13.8 Å². The van der Waals surface area contributed by atoms with Crippen LogP contribution < -0.4 is 5.32 Å². The SMILES string of the molecule is Cc1ccc(-n2ncc3c2NC(=O)CC3c2ccccc2)cc1C. The van der Waals surface area contributed by atoms with E-state index in [1.807, 2.05) is 35.1 Å². The summed E-state index contributed by atoms with van der Waals surface area (Å²) in [4.78, 5) is 12.3. The number of hydrogen-bond donors (Lipinski definition) is 1. The van der Waals surface area contributed by atoms with Gasteiger partial charge in [-0.2, -0.15) is 5.10 Å². The predicted molar refractivity (Wildman–Crippen MR) is 94.6 cm³/mol. The zero-order chi connectivity index (χ0) is 16.7. The van der Waals surface area contributed by atoms with Gasteiger partial charge in [-0.1, -0.05) is 36.4 Å². The molecule has 1 aliphatic rings. The molecule has 2 aromatic carbocycles. The first kappa shape index (κ1) is 14.7. The molecule has 4 heteroatoms. The smallest absolute Gasteiger partial charge is 0.226 e. The third kappa shape index (κ3) is 2.40. The minimum atomic E-state index is 0.0296. The van der Waals surface area contributed by atoms with E-state index < -0.39 is 0 Å². The first-order valence-electron chi connectivity index (χ1n) is 8.14. The van der Waals surface area contributed by atoms with Crippen LogP contribution in [0.15, 0.2) is 54.7 Å². The van der Waals surface area contributed by atoms with Gasteiger partial charge in [0.05, 0.1) is 11.9 Å². The molecule has 1 unspecified atom stereocenters. The van der Waals surface area contributed by atoms with Gasteiger partial charge in [-0.3, -0.25) is 4.79 Å². The number of rotatable bonds is 2. The lowest BCUT2D eigenvalue weighted by molar-refractivity contribution is -0.116. The number of carbonyl (C=O) groups is 1. The lowest BCUT2D eigenvalue weighted by Gasteiger charge is -2.23. The summed E-state index contributed by atoms with van der Waals surface area (Å²) in [5.41, 5.74) is 5.63. The van der Waals surface area contributed by atoms with E-state index in [2.05, 4.69) is 48.5 Å². The molecule has 0 bridgehead atoms. The summed E-state index contributed by atoms with van der Waals surface area (Å²) in [6.07, 6.45) is 2.33. The zero-order valence-corrected chi connectivity index (χ0v) is 13.8. The standard InChI is InChI=1S/C20H19N3O/c1-13-8-9-16(10-14(13)2)23-20-18(12-21-23)17(11-19(24)22-20)15-6-4-3-5-7-15/h3-10,12,17H,11H2,1-2H3,(H,22,24). The van der Waals surface area contributed by atoms with E-state index in [0.717, 1.165) is 22.6 Å². The monoisotopic (exact) mass is 317 g/mol. The quantitative estimate of drug-likeness (QED) is 0.777. The largest absolute Gasteiger partial charge is 0.310 e. The van der Waals surface area contributed by atoms with E-state index in [-0.39, 0.29) is 11.8 Å². The molecule has 4 nitrogen and oxygen atoms in total. The highest BCUT2D eigenvalue weighted by molar-refractivity contribution is 5.94. The zero-order valence-electron chi connectivity index (χ0n) is 13.8. The molecule has 0 radical (unpaired) electrons. The van der Waals surface area contributed by atoms with Crippen molar-refractivity contribution < 1.29 is 4.79 Å². The first-order chi connectivity index (χ1) is 11.6. The van der Waals surface area contributed by atoms with Gasteiger partial charge in [0, 0.05) is 17.9 Å². The summed E-state index contributed by atoms with van der Waals surface area (Å²) in [5, 5.41) is 7.55. The number of hydrogen-bond acceptors (Lipinski definition) is 2. The number of benzene rings is 2. The van der Waals surface area contributed by atoms with Gasteiger partial charge >= 0.3 is 0 Å². The molecule has 0 aliphatic carbocycles. The van der Waals surface area contributed by atoms with E-state index in [0.29, 0.717) is 6.42 Å². The fourth-order valence-corrected chi connectivity index (χ4v) is 3.26. The van der Waals surface area contributed by atoms with E-state index in [9.17, 15) is 4.79 Å². The van der Waals surface area contributed by atoms with Crippen LogP contribution in [0.3, 0.4) is 0 Å². The summed E-state index contributed by atoms with van der Waals surface area (Å²) >= 11 is 0. The first-order valence-corrected chi connectivity index (χ1v) is 8.14. The van der Waals surface area contributed by atoms with Gasteiger partial charge in [-0.05, 0) is 42.7 Å². The summed E-state index contributed by atoms with van der Waals surface area (Å²) < 4.78 is 1.83. The van der Waals surface area contributed by atoms with Crippen LogP contribution in [0.4, 0.5) is 5.82 Å². The van der Waals surface area contributed by atoms with Gasteiger partial charge in [0.2, 0.25) is 5.91 Å². The minimum absolute atomic E-state index is 0.0296. The highest BCUT2D eigenvalue weighted by Crippen LogP contribution is 2.37. The summed E-state index contributed by atoms with van der Waals surface area (Å²) in [7, 11) is 0. The Kier molecular flexibility index (Phi) is 3.45. The van der Waals surface area contributed by atoms with Crippen LogP contribution in [-0.4, -0.2) is 15.7 Å². The molecular weight excluding hydrogens is 298 g/mol. The number of amides is 1. The number of fused-ring (bicyclic) bond motifs is 1. The van der Waals surface area contributed by atoms with E-state index >= 15 is 0 Å². The molecule has 4 rings (SSSR count). The van der Waals surface area contributed by atoms with Crippen LogP contribution in [0.5, 0.6) is 0 Å². The molecule has 3 aromatic rings. The molecule has 1 N–H and O–H groups in total. The number of aromatic nitrogens is 2. The highest BCUT2D eigenvalue weighted by Gasteiger charge is 2.30. The van der Waals surface area contributed by atoms with Gasteiger partial charge in [0.15, 0.2) is 0 Å². The highest BCUT2D eigenvalue weighted by atomic mass is 16.1. The Hall–Kier alpha value is -2.88. The molecule has 24 heavy (non-hydrogen) atoms. The second-order valence-corrected chi connectivity index (χ2v) is 6.34. The van der Waals surface area contributed by atoms with Crippen LogP contribution in [0.1, 0.15) is 34.6 Å². The second kappa shape index (κ2) is 5.64. The number of nitrogens with one attached hydrogen (secondary N) is 1. The average molecular weight is 317 g/mol. The molecular formula is C20H19N3O. The van der Waals surface area contributed by atoms with E-state index in [1.165, 1.54) is 11.1 Å². The van der Waals surface area contributed by atoms with Gasteiger partial charge in [0.1, 0.15) is 5.82 Å². The fourth-order valence-electron chi connectivity index (χ4n) is 3.26. The van der Waals surface area contributed by atoms with Crippen LogP contribution >= 0.6 is 0 Å². The second-order valence-electron chi connectivity index (χ2n) is 6.34. The van der Waals surface area contributed by atoms with Crippen molar-refractivity contribution >= 4 is 11.7 Å². The Balaban J connectivity index is 1.83. The summed E-state index contributed by atoms with van der Waals surface area (Å²) in [5.74, 6) is 0.862. The number of aryl methyl sites for hydroxylation is 2. The van der Waals surface area contributed by atoms with Crippen LogP contribution in [-0.2, 0) is 4.79 Å². The predicted octanol–water partition coefficient (Wildman–Crippen LogP) is 3.96. The van der Waals surface area contributed by atoms with Crippen molar-refractivity contribution in [2.75, 3.05) is 5.32 Å². The van der Waals surface area contributed by atoms with Gasteiger partial charge < -0.3 is 5.32 Å². The van der Waals surface area contributed by atoms with Gasteiger partial charge in [0.25, 0.3) is 0 Å². The Morgan fingerprint density at radius 3 is 2.62 bits per heavy atom. The Bertz CT molecular complexity index is 912. The van der Waals surface area contributed by atoms with Crippen molar-refractivity contribution in [1.82, 2.24) is 9.78 Å². The van der Waals surface area contributed by atoms with Crippen molar-refractivity contribution in [2.45, 2.75) is 26.2 Å². The molecule has 2 heterocycles. The number of anilines is 1. The molecule has 1 atom stereocenters. The number of carbonyl (C=O) groups excluding carboxylic acids is 1. The van der Waals surface area contributed by atoms with Crippen LogP contribution in [0.2, 0.25) is 0 Å². The van der Waals surface area contributed by atoms with Crippen molar-refractivity contribution in [3.05, 3.63) is 77.0 Å². The molecule has 1 aliphatic heterocycles. The van der Waals surface area contributed by atoms with Crippen molar-refractivity contribution in [1.29, 1.82) is 0 Å². The molecule has 0 saturated carbocycles. The average Bonchev–Trinajstić information content (AvgIpc) is 3.01. The third-order valence-electron chi connectivity index (χ3n) is 4.76. The summed E-state index contributed by atoms with van der Waals surface area (Å²) in [6.45, 7) is 4.17.